The van der Waals surface area contributed by atoms with Crippen molar-refractivity contribution in [1.82, 2.24) is 16.0 Å². The van der Waals surface area contributed by atoms with Gasteiger partial charge in [0.1, 0.15) is 18.2 Å². The Morgan fingerprint density at radius 2 is 1.55 bits per heavy atom. The lowest BCUT2D eigenvalue weighted by atomic mass is 10.0. The van der Waals surface area contributed by atoms with E-state index in [1.165, 1.54) is 0 Å². The molecule has 0 heterocycles. The van der Waals surface area contributed by atoms with E-state index in [2.05, 4.69) is 16.0 Å². The van der Waals surface area contributed by atoms with Crippen molar-refractivity contribution in [3.8, 4) is 0 Å². The molecule has 1 rings (SSSR count). The average molecular weight is 548 g/mol. The molecule has 1 aromatic carbocycles. The number of carbonyl (C=O) groups is 4. The predicted molar refractivity (Wildman–Crippen MR) is 152 cm³/mol. The fourth-order valence-corrected chi connectivity index (χ4v) is 2.74. The first-order valence-corrected chi connectivity index (χ1v) is 12.9. The van der Waals surface area contributed by atoms with E-state index in [0.717, 1.165) is 5.56 Å². The largest absolute Gasteiger partial charge is 0.466 e. The van der Waals surface area contributed by atoms with E-state index in [0.29, 0.717) is 25.9 Å². The number of hydrogen-bond acceptors (Lipinski definition) is 8. The summed E-state index contributed by atoms with van der Waals surface area (Å²) in [7, 11) is 0. The molecule has 0 aliphatic heterocycles. The molecular formula is C27H53N3O8. The Morgan fingerprint density at radius 3 is 2.08 bits per heavy atom. The Morgan fingerprint density at radius 1 is 0.974 bits per heavy atom. The number of aliphatic hydroxyl groups excluding tert-OH is 2. The first-order chi connectivity index (χ1) is 17.9. The van der Waals surface area contributed by atoms with Gasteiger partial charge in [-0.1, -0.05) is 30.3 Å². The topological polar surface area (TPSA) is 163 Å². The molecule has 0 aliphatic carbocycles. The monoisotopic (exact) mass is 547 g/mol. The molecular weight excluding hydrogens is 494 g/mol. The van der Waals surface area contributed by atoms with E-state index in [1.807, 2.05) is 30.3 Å². The molecule has 1 atom stereocenters. The van der Waals surface area contributed by atoms with Crippen LogP contribution in [0.4, 0.5) is 4.79 Å². The van der Waals surface area contributed by atoms with E-state index in [9.17, 15) is 19.2 Å². The third kappa shape index (κ3) is 23.2. The number of carbonyl (C=O) groups excluding carboxylic acids is 4. The molecule has 1 aromatic rings. The summed E-state index contributed by atoms with van der Waals surface area (Å²) in [4.78, 5) is 48.1. The second kappa shape index (κ2) is 23.0. The van der Waals surface area contributed by atoms with Crippen molar-refractivity contribution < 1.29 is 43.1 Å². The standard InChI is InChI=1S/C23H35N3O6.2C2H6O.3H2/c1-5-31-20(28)12-9-15-24-21(29)18(14-13-17-10-7-6-8-11-17)26-19(27)16-25-22(30)32-23(2,3)4;2*1-2-3;;;/h6-8,10-11,18H,5,9,12-16H2,1-4H3,(H,24,29)(H,25,30)(H,26,27);2*3H,2H2,1H3;3*1H/t18-;;;;;/m0...../s1. The summed E-state index contributed by atoms with van der Waals surface area (Å²) in [5.74, 6) is -1.17. The second-order valence-corrected chi connectivity index (χ2v) is 8.83. The van der Waals surface area contributed by atoms with Crippen LogP contribution >= 0.6 is 0 Å². The van der Waals surface area contributed by atoms with E-state index in [-0.39, 0.29) is 48.9 Å². The number of rotatable bonds is 12. The zero-order valence-electron chi connectivity index (χ0n) is 23.7. The van der Waals surface area contributed by atoms with Crippen LogP contribution in [0.15, 0.2) is 30.3 Å². The van der Waals surface area contributed by atoms with Gasteiger partial charge in [0.05, 0.1) is 6.61 Å². The van der Waals surface area contributed by atoms with E-state index >= 15 is 0 Å². The highest BCUT2D eigenvalue weighted by atomic mass is 16.6. The molecule has 11 heteroatoms. The molecule has 224 valence electrons. The van der Waals surface area contributed by atoms with Crippen molar-refractivity contribution in [2.75, 3.05) is 32.9 Å². The van der Waals surface area contributed by atoms with Gasteiger partial charge in [-0.15, -0.1) is 0 Å². The molecule has 0 unspecified atom stereocenters. The molecule has 0 aromatic heterocycles. The van der Waals surface area contributed by atoms with Crippen LogP contribution in [0.3, 0.4) is 0 Å². The summed E-state index contributed by atoms with van der Waals surface area (Å²) in [6.07, 6.45) is 0.892. The van der Waals surface area contributed by atoms with Crippen LogP contribution in [0.25, 0.3) is 0 Å². The van der Waals surface area contributed by atoms with Gasteiger partial charge in [0, 0.05) is 30.5 Å². The third-order valence-electron chi connectivity index (χ3n) is 4.17. The van der Waals surface area contributed by atoms with Gasteiger partial charge in [-0.05, 0) is 66.4 Å². The fraction of sp³-hybridized carbons (Fsp3) is 0.630. The number of alkyl carbamates (subject to hydrolysis) is 1. The zero-order valence-corrected chi connectivity index (χ0v) is 23.7. The van der Waals surface area contributed by atoms with Gasteiger partial charge in [0.25, 0.3) is 0 Å². The van der Waals surface area contributed by atoms with Gasteiger partial charge in [0.15, 0.2) is 0 Å². The fourth-order valence-electron chi connectivity index (χ4n) is 2.74. The molecule has 3 amide bonds. The van der Waals surface area contributed by atoms with Crippen molar-refractivity contribution in [3.05, 3.63) is 35.9 Å². The Bertz CT molecular complexity index is 796. The molecule has 5 N–H and O–H groups in total. The Balaban J connectivity index is -0.000000439. The van der Waals surface area contributed by atoms with Crippen LogP contribution in [-0.2, 0) is 30.3 Å². The molecule has 0 fully saturated rings. The number of amides is 3. The summed E-state index contributed by atoms with van der Waals surface area (Å²) >= 11 is 0. The number of nitrogens with one attached hydrogen (secondary N) is 3. The van der Waals surface area contributed by atoms with Gasteiger partial charge < -0.3 is 35.6 Å². The summed E-state index contributed by atoms with van der Waals surface area (Å²) < 4.78 is 9.96. The number of ether oxygens (including phenoxy) is 2. The van der Waals surface area contributed by atoms with E-state index in [4.69, 9.17) is 19.7 Å². The van der Waals surface area contributed by atoms with Crippen LogP contribution in [0.5, 0.6) is 0 Å². The maximum absolute atomic E-state index is 12.6. The molecule has 0 spiro atoms. The Labute approximate surface area is 231 Å². The van der Waals surface area contributed by atoms with Gasteiger partial charge in [-0.25, -0.2) is 4.79 Å². The summed E-state index contributed by atoms with van der Waals surface area (Å²) in [6.45, 7) is 11.0. The van der Waals surface area contributed by atoms with Crippen molar-refractivity contribution in [1.29, 1.82) is 0 Å². The third-order valence-corrected chi connectivity index (χ3v) is 4.17. The van der Waals surface area contributed by atoms with Gasteiger partial charge >= 0.3 is 12.1 Å². The number of aryl methyl sites for hydroxylation is 1. The van der Waals surface area contributed by atoms with Crippen LogP contribution in [0.2, 0.25) is 0 Å². The summed E-state index contributed by atoms with van der Waals surface area (Å²) in [5, 5.41) is 22.9. The first-order valence-electron chi connectivity index (χ1n) is 12.9. The number of hydrogen-bond donors (Lipinski definition) is 5. The highest BCUT2D eigenvalue weighted by Gasteiger charge is 2.22. The van der Waals surface area contributed by atoms with Gasteiger partial charge in [-0.3, -0.25) is 14.4 Å². The molecule has 11 nitrogen and oxygen atoms in total. The highest BCUT2D eigenvalue weighted by Crippen LogP contribution is 2.07. The van der Waals surface area contributed by atoms with E-state index in [1.54, 1.807) is 41.5 Å². The van der Waals surface area contributed by atoms with Crippen LogP contribution in [0.1, 0.15) is 70.6 Å². The minimum atomic E-state index is -0.786. The quantitative estimate of drug-likeness (QED) is 0.197. The summed E-state index contributed by atoms with van der Waals surface area (Å²) in [6, 6.07) is 8.82. The van der Waals surface area contributed by atoms with Crippen molar-refractivity contribution in [2.24, 2.45) is 0 Å². The van der Waals surface area contributed by atoms with Crippen LogP contribution < -0.4 is 16.0 Å². The highest BCUT2D eigenvalue weighted by molar-refractivity contribution is 5.89. The normalized spacial score (nSPS) is 10.8. The van der Waals surface area contributed by atoms with Crippen LogP contribution in [0, 0.1) is 0 Å². The lowest BCUT2D eigenvalue weighted by Gasteiger charge is -2.21. The van der Waals surface area contributed by atoms with Crippen molar-refractivity contribution in [2.45, 2.75) is 78.9 Å². The van der Waals surface area contributed by atoms with Crippen molar-refractivity contribution >= 4 is 23.9 Å². The number of esters is 1. The number of aliphatic hydroxyl groups is 2. The SMILES string of the molecule is CCO.CCO.CCOC(=O)CCCNC(=O)[C@H](CCc1ccccc1)NC(=O)CNC(=O)OC(C)(C)C.[HH].[HH].[HH]. The lowest BCUT2D eigenvalue weighted by Crippen LogP contribution is -2.50. The van der Waals surface area contributed by atoms with Gasteiger partial charge in [0.2, 0.25) is 11.8 Å². The first kappa shape index (κ1) is 37.0. The Kier molecular flexibility index (Phi) is 22.4. The second-order valence-electron chi connectivity index (χ2n) is 8.83. The molecule has 0 saturated carbocycles. The zero-order chi connectivity index (χ0) is 29.4. The summed E-state index contributed by atoms with van der Waals surface area (Å²) in [5.41, 5.74) is 0.358. The van der Waals surface area contributed by atoms with E-state index < -0.39 is 23.6 Å². The van der Waals surface area contributed by atoms with Crippen LogP contribution in [-0.4, -0.2) is 78.6 Å². The minimum Gasteiger partial charge on any atom is -0.466 e. The predicted octanol–water partition coefficient (Wildman–Crippen LogP) is 2.82. The Hall–Kier alpha value is -3.18. The average Bonchev–Trinajstić information content (AvgIpc) is 2.84. The molecule has 38 heavy (non-hydrogen) atoms. The maximum atomic E-state index is 12.6. The minimum absolute atomic E-state index is 0. The maximum Gasteiger partial charge on any atom is 0.408 e. The van der Waals surface area contributed by atoms with Crippen molar-refractivity contribution in [3.63, 3.8) is 0 Å². The molecule has 0 bridgehead atoms. The smallest absolute Gasteiger partial charge is 0.408 e. The molecule has 0 aliphatic rings. The van der Waals surface area contributed by atoms with Gasteiger partial charge in [-0.2, -0.15) is 0 Å². The molecule has 0 saturated heterocycles. The lowest BCUT2D eigenvalue weighted by molar-refractivity contribution is -0.143. The number of benzene rings is 1. The molecule has 0 radical (unpaired) electrons.